The fourth-order valence-electron chi connectivity index (χ4n) is 6.10. The highest BCUT2D eigenvalue weighted by Gasteiger charge is 2.24. The molecule has 1 aliphatic rings. The predicted octanol–water partition coefficient (Wildman–Crippen LogP) is 6.79. The third-order valence-electron chi connectivity index (χ3n) is 8.40. The Hall–Kier alpha value is -4.07. The monoisotopic (exact) mass is 595 g/mol. The number of likely N-dealkylation sites (N-methyl/N-ethyl adjacent to an activating group) is 1. The maximum Gasteiger partial charge on any atom is 0.253 e. The number of fused-ring (bicyclic) bond motifs is 1. The van der Waals surface area contributed by atoms with Crippen LogP contribution >= 0.6 is 11.6 Å². The number of hydrogen-bond acceptors (Lipinski definition) is 5. The highest BCUT2D eigenvalue weighted by atomic mass is 35.5. The molecule has 0 bridgehead atoms. The Kier molecular flexibility index (Phi) is 9.10. The number of furan rings is 1. The molecule has 2 aromatic heterocycles. The standard InChI is InChI=1S/C35H38ClN5O2/c1-38(34(42)28-9-3-2-4-10-28)25-30(29-11-7-12-31(36)23-29)15-19-39-17-8-18-40(21-20-39)35-37-32-13-5-6-14-33(32)41(35)24-27-16-22-43-26-27/h2-7,9-14,16,22-23,26,30H,8,15,17-21,24-25H2,1H3. The van der Waals surface area contributed by atoms with Gasteiger partial charge in [-0.3, -0.25) is 4.79 Å². The zero-order valence-electron chi connectivity index (χ0n) is 24.6. The zero-order valence-corrected chi connectivity index (χ0v) is 25.4. The van der Waals surface area contributed by atoms with Gasteiger partial charge in [0.25, 0.3) is 5.91 Å². The Labute approximate surface area is 258 Å². The fraction of sp³-hybridized carbons (Fsp3) is 0.314. The molecule has 1 fully saturated rings. The molecule has 222 valence electrons. The molecule has 1 amide bonds. The van der Waals surface area contributed by atoms with Crippen molar-refractivity contribution in [1.82, 2.24) is 19.4 Å². The minimum absolute atomic E-state index is 0.0383. The average Bonchev–Trinajstić information content (AvgIpc) is 3.61. The number of imidazole rings is 1. The third kappa shape index (κ3) is 6.95. The number of aromatic nitrogens is 2. The van der Waals surface area contributed by atoms with Crippen LogP contribution in [0.3, 0.4) is 0 Å². The van der Waals surface area contributed by atoms with Gasteiger partial charge in [0, 0.05) is 55.3 Å². The smallest absolute Gasteiger partial charge is 0.253 e. The number of carbonyl (C=O) groups is 1. The normalized spacial score (nSPS) is 15.0. The number of hydrogen-bond donors (Lipinski definition) is 0. The van der Waals surface area contributed by atoms with Crippen LogP contribution in [0.15, 0.2) is 102 Å². The van der Waals surface area contributed by atoms with Crippen LogP contribution in [0.25, 0.3) is 11.0 Å². The van der Waals surface area contributed by atoms with E-state index >= 15 is 0 Å². The lowest BCUT2D eigenvalue weighted by molar-refractivity contribution is 0.0783. The summed E-state index contributed by atoms with van der Waals surface area (Å²) < 4.78 is 7.67. The largest absolute Gasteiger partial charge is 0.472 e. The van der Waals surface area contributed by atoms with Gasteiger partial charge in [-0.1, -0.05) is 54.1 Å². The van der Waals surface area contributed by atoms with E-state index in [0.717, 1.165) is 79.7 Å². The van der Waals surface area contributed by atoms with E-state index in [1.165, 1.54) is 5.56 Å². The first kappa shape index (κ1) is 29.0. The van der Waals surface area contributed by atoms with Gasteiger partial charge in [-0.2, -0.15) is 0 Å². The minimum Gasteiger partial charge on any atom is -0.472 e. The zero-order chi connectivity index (χ0) is 29.6. The molecule has 0 spiro atoms. The molecule has 3 aromatic carbocycles. The molecule has 0 radical (unpaired) electrons. The molecule has 43 heavy (non-hydrogen) atoms. The number of carbonyl (C=O) groups excluding carboxylic acids is 1. The summed E-state index contributed by atoms with van der Waals surface area (Å²) in [6.07, 6.45) is 5.53. The van der Waals surface area contributed by atoms with Crippen molar-refractivity contribution < 1.29 is 9.21 Å². The molecule has 1 unspecified atom stereocenters. The predicted molar refractivity (Wildman–Crippen MR) is 173 cm³/mol. The van der Waals surface area contributed by atoms with E-state index in [-0.39, 0.29) is 11.8 Å². The molecule has 3 heterocycles. The first-order valence-corrected chi connectivity index (χ1v) is 15.4. The summed E-state index contributed by atoms with van der Waals surface area (Å²) in [5.74, 6) is 1.23. The van der Waals surface area contributed by atoms with Crippen molar-refractivity contribution >= 4 is 34.5 Å². The summed E-state index contributed by atoms with van der Waals surface area (Å²) in [4.78, 5) is 25.1. The molecule has 0 N–H and O–H groups in total. The number of amides is 1. The molecule has 0 saturated carbocycles. The second kappa shape index (κ2) is 13.5. The molecular formula is C35H38ClN5O2. The first-order valence-electron chi connectivity index (χ1n) is 15.0. The van der Waals surface area contributed by atoms with E-state index in [4.69, 9.17) is 21.0 Å². The maximum atomic E-state index is 13.2. The van der Waals surface area contributed by atoms with Gasteiger partial charge in [-0.25, -0.2) is 4.98 Å². The van der Waals surface area contributed by atoms with Gasteiger partial charge in [0.1, 0.15) is 0 Å². The number of halogens is 1. The number of benzene rings is 3. The quantitative estimate of drug-likeness (QED) is 0.178. The van der Waals surface area contributed by atoms with E-state index in [1.54, 1.807) is 6.26 Å². The first-order chi connectivity index (χ1) is 21.0. The summed E-state index contributed by atoms with van der Waals surface area (Å²) in [5, 5.41) is 0.725. The van der Waals surface area contributed by atoms with E-state index in [9.17, 15) is 4.79 Å². The van der Waals surface area contributed by atoms with Gasteiger partial charge in [-0.05, 0) is 74.0 Å². The molecule has 5 aromatic rings. The molecule has 8 heteroatoms. The van der Waals surface area contributed by atoms with Crippen LogP contribution in [0.2, 0.25) is 5.02 Å². The molecule has 1 atom stereocenters. The lowest BCUT2D eigenvalue weighted by Crippen LogP contribution is -2.35. The van der Waals surface area contributed by atoms with Crippen LogP contribution in [0.4, 0.5) is 5.95 Å². The second-order valence-corrected chi connectivity index (χ2v) is 11.8. The van der Waals surface area contributed by atoms with E-state index in [1.807, 2.05) is 78.9 Å². The summed E-state index contributed by atoms with van der Waals surface area (Å²) in [6.45, 7) is 6.15. The Morgan fingerprint density at radius 3 is 2.63 bits per heavy atom. The maximum absolute atomic E-state index is 13.2. The third-order valence-corrected chi connectivity index (χ3v) is 8.64. The average molecular weight is 596 g/mol. The van der Waals surface area contributed by atoms with E-state index < -0.39 is 0 Å². The molecular weight excluding hydrogens is 558 g/mol. The van der Waals surface area contributed by atoms with Gasteiger partial charge in [-0.15, -0.1) is 0 Å². The Balaban J connectivity index is 1.14. The van der Waals surface area contributed by atoms with E-state index in [2.05, 4.69) is 38.6 Å². The summed E-state index contributed by atoms with van der Waals surface area (Å²) in [6, 6.07) is 28.0. The Morgan fingerprint density at radius 1 is 0.977 bits per heavy atom. The molecule has 1 saturated heterocycles. The van der Waals surface area contributed by atoms with Crippen LogP contribution in [0.5, 0.6) is 0 Å². The number of para-hydroxylation sites is 2. The highest BCUT2D eigenvalue weighted by molar-refractivity contribution is 6.30. The van der Waals surface area contributed by atoms with Crippen LogP contribution in [0, 0.1) is 0 Å². The molecule has 6 rings (SSSR count). The van der Waals surface area contributed by atoms with Crippen molar-refractivity contribution in [1.29, 1.82) is 0 Å². The van der Waals surface area contributed by atoms with Gasteiger partial charge in [0.15, 0.2) is 0 Å². The lowest BCUT2D eigenvalue weighted by Gasteiger charge is -2.28. The topological polar surface area (TPSA) is 57.8 Å². The van der Waals surface area contributed by atoms with Gasteiger partial charge < -0.3 is 23.7 Å². The van der Waals surface area contributed by atoms with Crippen molar-refractivity contribution in [2.24, 2.45) is 0 Å². The van der Waals surface area contributed by atoms with Crippen molar-refractivity contribution in [3.63, 3.8) is 0 Å². The Bertz CT molecular complexity index is 1630. The van der Waals surface area contributed by atoms with Crippen LogP contribution in [-0.2, 0) is 6.54 Å². The van der Waals surface area contributed by atoms with Crippen molar-refractivity contribution in [3.05, 3.63) is 119 Å². The number of nitrogens with zero attached hydrogens (tertiary/aromatic N) is 5. The lowest BCUT2D eigenvalue weighted by atomic mass is 9.94. The number of rotatable bonds is 10. The minimum atomic E-state index is 0.0383. The van der Waals surface area contributed by atoms with Crippen LogP contribution in [-0.4, -0.2) is 71.6 Å². The fourth-order valence-corrected chi connectivity index (χ4v) is 6.30. The van der Waals surface area contributed by atoms with Gasteiger partial charge >= 0.3 is 0 Å². The Morgan fingerprint density at radius 2 is 1.81 bits per heavy atom. The molecule has 0 aliphatic carbocycles. The summed E-state index contributed by atoms with van der Waals surface area (Å²) in [5.41, 5.74) is 5.16. The second-order valence-electron chi connectivity index (χ2n) is 11.4. The van der Waals surface area contributed by atoms with Gasteiger partial charge in [0.05, 0.1) is 30.1 Å². The summed E-state index contributed by atoms with van der Waals surface area (Å²) >= 11 is 6.41. The van der Waals surface area contributed by atoms with Gasteiger partial charge in [0.2, 0.25) is 5.95 Å². The van der Waals surface area contributed by atoms with Crippen LogP contribution < -0.4 is 4.90 Å². The highest BCUT2D eigenvalue weighted by Crippen LogP contribution is 2.27. The number of anilines is 1. The van der Waals surface area contributed by atoms with E-state index in [0.29, 0.717) is 12.1 Å². The molecule has 7 nitrogen and oxygen atoms in total. The van der Waals surface area contributed by atoms with Crippen molar-refractivity contribution in [2.45, 2.75) is 25.3 Å². The van der Waals surface area contributed by atoms with Crippen LogP contribution in [0.1, 0.15) is 40.2 Å². The SMILES string of the molecule is CN(CC(CCN1CCCN(c2nc3ccccc3n2Cc2ccoc2)CC1)c1cccc(Cl)c1)C(=O)c1ccccc1. The van der Waals surface area contributed by atoms with Crippen molar-refractivity contribution in [3.8, 4) is 0 Å². The molecule has 1 aliphatic heterocycles. The van der Waals surface area contributed by atoms with Crippen molar-refractivity contribution in [2.75, 3.05) is 51.2 Å². The summed E-state index contributed by atoms with van der Waals surface area (Å²) in [7, 11) is 1.90.